The van der Waals surface area contributed by atoms with Crippen molar-refractivity contribution in [1.29, 1.82) is 0 Å². The van der Waals surface area contributed by atoms with E-state index in [4.69, 9.17) is 11.5 Å². The molecule has 0 aliphatic rings. The van der Waals surface area contributed by atoms with Crippen LogP contribution >= 0.6 is 0 Å². The molecule has 0 saturated carbocycles. The smallest absolute Gasteiger partial charge is 0.387 e. The maximum absolute atomic E-state index is 14.2. The van der Waals surface area contributed by atoms with Gasteiger partial charge in [0, 0.05) is 12.1 Å². The Kier molecular flexibility index (Phi) is 4.65. The molecule has 30 heavy (non-hydrogen) atoms. The molecule has 4 rings (SSSR count). The lowest BCUT2D eigenvalue weighted by Gasteiger charge is -2.15. The molecule has 0 fully saturated rings. The number of nitrogens with two attached hydrogens (primary N) is 2. The predicted octanol–water partition coefficient (Wildman–Crippen LogP) is 3.83. The number of anilines is 2. The number of benzene rings is 2. The molecule has 2 aromatic carbocycles. The fourth-order valence-electron chi connectivity index (χ4n) is 3.21. The number of hydrogen-bond donors (Lipinski definition) is 2. The summed E-state index contributed by atoms with van der Waals surface area (Å²) in [4.78, 5) is 12.3. The number of aromatic nitrogens is 4. The largest absolute Gasteiger partial charge is 0.435 e. The summed E-state index contributed by atoms with van der Waals surface area (Å²) >= 11 is 0. The van der Waals surface area contributed by atoms with Crippen LogP contribution in [0.1, 0.15) is 5.82 Å². The van der Waals surface area contributed by atoms with Crippen LogP contribution in [-0.4, -0.2) is 26.1 Å². The first-order valence-corrected chi connectivity index (χ1v) is 8.57. The van der Waals surface area contributed by atoms with Gasteiger partial charge >= 0.3 is 6.61 Å². The molecule has 11 heteroatoms. The molecular formula is C19H14F4N6O. The highest BCUT2D eigenvalue weighted by atomic mass is 19.3. The number of nitrogens with zero attached hydrogens (tertiary/aromatic N) is 4. The number of alkyl halides is 2. The molecular weight excluding hydrogens is 404 g/mol. The molecule has 0 spiro atoms. The summed E-state index contributed by atoms with van der Waals surface area (Å²) in [5.74, 6) is -1.44. The van der Waals surface area contributed by atoms with Crippen molar-refractivity contribution in [3.63, 3.8) is 0 Å². The van der Waals surface area contributed by atoms with Crippen molar-refractivity contribution in [3.8, 4) is 22.7 Å². The van der Waals surface area contributed by atoms with Gasteiger partial charge in [0.05, 0.1) is 11.1 Å². The molecule has 0 amide bonds. The minimum atomic E-state index is -2.97. The third kappa shape index (κ3) is 3.34. The van der Waals surface area contributed by atoms with Crippen LogP contribution in [0, 0.1) is 18.6 Å². The molecule has 2 heterocycles. The Morgan fingerprint density at radius 2 is 1.70 bits per heavy atom. The Balaban J connectivity index is 1.97. The van der Waals surface area contributed by atoms with Crippen molar-refractivity contribution in [2.24, 2.45) is 0 Å². The third-order valence-electron chi connectivity index (χ3n) is 4.36. The molecule has 4 aromatic rings. The maximum Gasteiger partial charge on any atom is 0.387 e. The SMILES string of the molecule is Cc1nc2c(F)cc(F)cc2n1-c1nc(N)nc(N)c1-c1ccc(OC(F)F)cc1. The van der Waals surface area contributed by atoms with Crippen molar-refractivity contribution >= 4 is 22.8 Å². The fourth-order valence-corrected chi connectivity index (χ4v) is 3.21. The molecule has 0 saturated heterocycles. The first kappa shape index (κ1) is 19.4. The monoisotopic (exact) mass is 418 g/mol. The van der Waals surface area contributed by atoms with Gasteiger partial charge in [-0.25, -0.2) is 13.8 Å². The van der Waals surface area contributed by atoms with Gasteiger partial charge in [-0.05, 0) is 24.6 Å². The molecule has 0 atom stereocenters. The average molecular weight is 418 g/mol. The van der Waals surface area contributed by atoms with Gasteiger partial charge in [0.2, 0.25) is 5.95 Å². The first-order chi connectivity index (χ1) is 14.2. The molecule has 0 bridgehead atoms. The normalized spacial score (nSPS) is 11.4. The second-order valence-electron chi connectivity index (χ2n) is 6.32. The number of hydrogen-bond acceptors (Lipinski definition) is 6. The van der Waals surface area contributed by atoms with Gasteiger partial charge in [-0.15, -0.1) is 0 Å². The van der Waals surface area contributed by atoms with Crippen molar-refractivity contribution < 1.29 is 22.3 Å². The van der Waals surface area contributed by atoms with E-state index in [0.29, 0.717) is 11.4 Å². The van der Waals surface area contributed by atoms with Crippen molar-refractivity contribution in [2.75, 3.05) is 11.5 Å². The van der Waals surface area contributed by atoms with E-state index in [2.05, 4.69) is 19.7 Å². The van der Waals surface area contributed by atoms with Crippen LogP contribution in [0.3, 0.4) is 0 Å². The van der Waals surface area contributed by atoms with Crippen LogP contribution in [0.15, 0.2) is 36.4 Å². The number of halogens is 4. The number of aryl methyl sites for hydroxylation is 1. The summed E-state index contributed by atoms with van der Waals surface area (Å²) in [5.41, 5.74) is 12.6. The lowest BCUT2D eigenvalue weighted by atomic mass is 10.1. The summed E-state index contributed by atoms with van der Waals surface area (Å²) in [6, 6.07) is 7.42. The quantitative estimate of drug-likeness (QED) is 0.488. The molecule has 0 aliphatic carbocycles. The van der Waals surface area contributed by atoms with Gasteiger partial charge < -0.3 is 16.2 Å². The standard InChI is InChI=1S/C19H14F4N6O/c1-8-26-15-12(21)6-10(20)7-13(15)29(8)17-14(16(24)27-19(25)28-17)9-2-4-11(5-3-9)30-18(22)23/h2-7,18H,1H3,(H4,24,25,27,28). The molecule has 0 unspecified atom stereocenters. The van der Waals surface area contributed by atoms with Crippen LogP contribution in [0.25, 0.3) is 28.0 Å². The molecule has 154 valence electrons. The lowest BCUT2D eigenvalue weighted by molar-refractivity contribution is -0.0498. The summed E-state index contributed by atoms with van der Waals surface area (Å²) in [5, 5.41) is 0. The summed E-state index contributed by atoms with van der Waals surface area (Å²) in [6.45, 7) is -1.39. The minimum Gasteiger partial charge on any atom is -0.435 e. The molecule has 7 nitrogen and oxygen atoms in total. The van der Waals surface area contributed by atoms with Gasteiger partial charge in [-0.2, -0.15) is 18.7 Å². The number of fused-ring (bicyclic) bond motifs is 1. The van der Waals surface area contributed by atoms with Crippen LogP contribution in [-0.2, 0) is 0 Å². The predicted molar refractivity (Wildman–Crippen MR) is 102 cm³/mol. The number of ether oxygens (including phenoxy) is 1. The Morgan fingerprint density at radius 1 is 1.00 bits per heavy atom. The van der Waals surface area contributed by atoms with Crippen molar-refractivity contribution in [2.45, 2.75) is 13.5 Å². The zero-order valence-electron chi connectivity index (χ0n) is 15.4. The average Bonchev–Trinajstić information content (AvgIpc) is 2.98. The highest BCUT2D eigenvalue weighted by Gasteiger charge is 2.21. The first-order valence-electron chi connectivity index (χ1n) is 8.57. The Labute approximate surface area is 166 Å². The second kappa shape index (κ2) is 7.17. The zero-order chi connectivity index (χ0) is 21.6. The number of nitrogen functional groups attached to an aromatic ring is 2. The second-order valence-corrected chi connectivity index (χ2v) is 6.32. The van der Waals surface area contributed by atoms with Crippen LogP contribution < -0.4 is 16.2 Å². The molecule has 0 radical (unpaired) electrons. The van der Waals surface area contributed by atoms with Crippen molar-refractivity contribution in [3.05, 3.63) is 53.9 Å². The molecule has 2 aromatic heterocycles. The minimum absolute atomic E-state index is 0.0156. The highest BCUT2D eigenvalue weighted by Crippen LogP contribution is 2.35. The van der Waals surface area contributed by atoms with Crippen LogP contribution in [0.5, 0.6) is 5.75 Å². The van der Waals surface area contributed by atoms with E-state index in [1.165, 1.54) is 28.8 Å². The maximum atomic E-state index is 14.2. The summed E-state index contributed by atoms with van der Waals surface area (Å²) in [7, 11) is 0. The van der Waals surface area contributed by atoms with E-state index in [0.717, 1.165) is 12.1 Å². The van der Waals surface area contributed by atoms with E-state index in [9.17, 15) is 17.6 Å². The molecule has 0 aliphatic heterocycles. The van der Waals surface area contributed by atoms with Crippen LogP contribution in [0.2, 0.25) is 0 Å². The lowest BCUT2D eigenvalue weighted by Crippen LogP contribution is -2.10. The molecule has 4 N–H and O–H groups in total. The van der Waals surface area contributed by atoms with Gasteiger partial charge in [-0.3, -0.25) is 4.57 Å². The summed E-state index contributed by atoms with van der Waals surface area (Å²) < 4.78 is 58.7. The topological polar surface area (TPSA) is 105 Å². The van der Waals surface area contributed by atoms with E-state index in [1.807, 2.05) is 0 Å². The Hall–Kier alpha value is -3.89. The fraction of sp³-hybridized carbons (Fsp3) is 0.105. The number of imidazole rings is 1. The Bertz CT molecular complexity index is 1260. The summed E-state index contributed by atoms with van der Waals surface area (Å²) in [6.07, 6.45) is 0. The van der Waals surface area contributed by atoms with Crippen molar-refractivity contribution in [1.82, 2.24) is 19.5 Å². The third-order valence-corrected chi connectivity index (χ3v) is 4.36. The highest BCUT2D eigenvalue weighted by molar-refractivity contribution is 5.86. The van der Waals surface area contributed by atoms with E-state index >= 15 is 0 Å². The van der Waals surface area contributed by atoms with E-state index < -0.39 is 18.2 Å². The van der Waals surface area contributed by atoms with Gasteiger partial charge in [0.1, 0.15) is 28.7 Å². The van der Waals surface area contributed by atoms with Gasteiger partial charge in [0.25, 0.3) is 0 Å². The van der Waals surface area contributed by atoms with Crippen LogP contribution in [0.4, 0.5) is 29.3 Å². The van der Waals surface area contributed by atoms with Gasteiger partial charge in [-0.1, -0.05) is 12.1 Å². The zero-order valence-corrected chi connectivity index (χ0v) is 15.4. The van der Waals surface area contributed by atoms with E-state index in [-0.39, 0.29) is 39.9 Å². The number of rotatable bonds is 4. The van der Waals surface area contributed by atoms with E-state index in [1.54, 1.807) is 6.92 Å². The van der Waals surface area contributed by atoms with Gasteiger partial charge in [0.15, 0.2) is 11.6 Å². The Morgan fingerprint density at radius 3 is 2.37 bits per heavy atom.